The Balaban J connectivity index is 1.56. The van der Waals surface area contributed by atoms with Gasteiger partial charge in [0.1, 0.15) is 22.3 Å². The molecular weight excluding hydrogens is 540 g/mol. The largest absolute Gasteiger partial charge is 0.496 e. The molecule has 0 unspecified atom stereocenters. The molecular formula is C30H30ClF2N3O2S. The molecule has 0 bridgehead atoms. The second-order valence-electron chi connectivity index (χ2n) is 10.2. The lowest BCUT2D eigenvalue weighted by atomic mass is 9.80. The zero-order chi connectivity index (χ0) is 27.7. The van der Waals surface area contributed by atoms with Crippen LogP contribution in [0.4, 0.5) is 8.78 Å². The second kappa shape index (κ2) is 11.2. The first kappa shape index (κ1) is 27.5. The molecule has 1 N–H and O–H groups in total. The summed E-state index contributed by atoms with van der Waals surface area (Å²) in [6, 6.07) is 11.7. The van der Waals surface area contributed by atoms with E-state index in [4.69, 9.17) is 16.3 Å². The van der Waals surface area contributed by atoms with Crippen molar-refractivity contribution in [3.8, 4) is 16.9 Å². The smallest absolute Gasteiger partial charge is 0.266 e. The van der Waals surface area contributed by atoms with Crippen molar-refractivity contribution in [3.63, 3.8) is 0 Å². The SMILES string of the molecule is CNC1(C)CCC(N(Cc2cc(-c3ccncc3)ccc2OC)C(=O)c2sc3c(F)ccc(F)c3c2Cl)CC1. The van der Waals surface area contributed by atoms with E-state index in [0.29, 0.717) is 5.75 Å². The Morgan fingerprint density at radius 1 is 1.13 bits per heavy atom. The van der Waals surface area contributed by atoms with Gasteiger partial charge >= 0.3 is 0 Å². The third-order valence-electron chi connectivity index (χ3n) is 7.87. The van der Waals surface area contributed by atoms with Gasteiger partial charge in [0.2, 0.25) is 0 Å². The van der Waals surface area contributed by atoms with Crippen molar-refractivity contribution in [2.24, 2.45) is 0 Å². The van der Waals surface area contributed by atoms with Gasteiger partial charge in [0.05, 0.1) is 22.2 Å². The third kappa shape index (κ3) is 5.38. The standard InChI is InChI=1S/C30H30ClF2N3O2S/c1-30(34-2)12-8-21(9-13-30)36(29(37)28-26(31)25-22(32)5-6-23(33)27(25)39-28)17-20-16-19(4-7-24(20)38-3)18-10-14-35-15-11-18/h4-7,10-11,14-16,21,34H,8-9,12-13,17H2,1-3H3. The van der Waals surface area contributed by atoms with Crippen molar-refractivity contribution < 1.29 is 18.3 Å². The van der Waals surface area contributed by atoms with E-state index in [0.717, 1.165) is 65.8 Å². The van der Waals surface area contributed by atoms with Gasteiger partial charge in [0.15, 0.2) is 0 Å². The van der Waals surface area contributed by atoms with Crippen LogP contribution < -0.4 is 10.1 Å². The van der Waals surface area contributed by atoms with Crippen LogP contribution in [0.5, 0.6) is 5.75 Å². The molecule has 0 aliphatic heterocycles. The molecule has 1 aliphatic carbocycles. The Morgan fingerprint density at radius 3 is 2.46 bits per heavy atom. The Kier molecular flexibility index (Phi) is 7.89. The van der Waals surface area contributed by atoms with Gasteiger partial charge < -0.3 is 15.0 Å². The fourth-order valence-corrected chi connectivity index (χ4v) is 6.85. The first-order valence-electron chi connectivity index (χ1n) is 12.9. The number of thiophene rings is 1. The maximum absolute atomic E-state index is 14.6. The quantitative estimate of drug-likeness (QED) is 0.251. The normalized spacial score (nSPS) is 19.3. The van der Waals surface area contributed by atoms with Crippen LogP contribution in [-0.2, 0) is 6.54 Å². The lowest BCUT2D eigenvalue weighted by molar-refractivity contribution is 0.0569. The highest BCUT2D eigenvalue weighted by Gasteiger charge is 2.36. The van der Waals surface area contributed by atoms with Crippen molar-refractivity contribution in [3.05, 3.63) is 82.0 Å². The summed E-state index contributed by atoms with van der Waals surface area (Å²) in [6.45, 7) is 2.45. The van der Waals surface area contributed by atoms with Crippen molar-refractivity contribution in [1.29, 1.82) is 0 Å². The molecule has 5 nitrogen and oxygen atoms in total. The number of aromatic nitrogens is 1. The van der Waals surface area contributed by atoms with Crippen LogP contribution in [0.1, 0.15) is 47.8 Å². The minimum absolute atomic E-state index is 0.00825. The first-order chi connectivity index (χ1) is 18.7. The maximum Gasteiger partial charge on any atom is 0.266 e. The van der Waals surface area contributed by atoms with Crippen LogP contribution in [0, 0.1) is 11.6 Å². The monoisotopic (exact) mass is 569 g/mol. The molecule has 2 heterocycles. The molecule has 0 saturated heterocycles. The van der Waals surface area contributed by atoms with Crippen LogP contribution in [0.2, 0.25) is 5.02 Å². The average molecular weight is 570 g/mol. The maximum atomic E-state index is 14.6. The van der Waals surface area contributed by atoms with Gasteiger partial charge in [-0.3, -0.25) is 9.78 Å². The number of carbonyl (C=O) groups is 1. The molecule has 1 fully saturated rings. The molecule has 0 spiro atoms. The highest BCUT2D eigenvalue weighted by atomic mass is 35.5. The van der Waals surface area contributed by atoms with Crippen molar-refractivity contribution >= 4 is 38.9 Å². The fraction of sp³-hybridized carbons (Fsp3) is 0.333. The second-order valence-corrected chi connectivity index (χ2v) is 11.6. The first-order valence-corrected chi connectivity index (χ1v) is 14.1. The molecule has 5 rings (SSSR count). The van der Waals surface area contributed by atoms with Crippen LogP contribution in [0.15, 0.2) is 54.9 Å². The molecule has 2 aromatic carbocycles. The summed E-state index contributed by atoms with van der Waals surface area (Å²) in [5.41, 5.74) is 2.78. The fourth-order valence-electron chi connectivity index (χ4n) is 5.34. The number of amides is 1. The molecule has 1 aliphatic rings. The molecule has 1 amide bonds. The molecule has 2 aromatic heterocycles. The van der Waals surface area contributed by atoms with Crippen molar-refractivity contribution in [2.45, 2.75) is 50.7 Å². The van der Waals surface area contributed by atoms with E-state index in [1.807, 2.05) is 37.4 Å². The predicted octanol–water partition coefficient (Wildman–Crippen LogP) is 7.47. The number of hydrogen-bond acceptors (Lipinski definition) is 5. The molecule has 0 radical (unpaired) electrons. The van der Waals surface area contributed by atoms with Gasteiger partial charge in [-0.15, -0.1) is 11.3 Å². The number of halogens is 3. The van der Waals surface area contributed by atoms with Crippen molar-refractivity contribution in [1.82, 2.24) is 15.2 Å². The molecule has 4 aromatic rings. The summed E-state index contributed by atoms with van der Waals surface area (Å²) in [4.78, 5) is 20.2. The summed E-state index contributed by atoms with van der Waals surface area (Å²) >= 11 is 7.46. The molecule has 1 saturated carbocycles. The van der Waals surface area contributed by atoms with E-state index >= 15 is 0 Å². The van der Waals surface area contributed by atoms with E-state index in [1.165, 1.54) is 0 Å². The number of fused-ring (bicyclic) bond motifs is 1. The van der Waals surface area contributed by atoms with Crippen LogP contribution in [0.3, 0.4) is 0 Å². The summed E-state index contributed by atoms with van der Waals surface area (Å²) in [7, 11) is 3.56. The number of ether oxygens (including phenoxy) is 1. The zero-order valence-corrected chi connectivity index (χ0v) is 23.6. The molecule has 0 atom stereocenters. The zero-order valence-electron chi connectivity index (χ0n) is 22.1. The Morgan fingerprint density at radius 2 is 1.82 bits per heavy atom. The highest BCUT2D eigenvalue weighted by Crippen LogP contribution is 2.41. The topological polar surface area (TPSA) is 54.5 Å². The summed E-state index contributed by atoms with van der Waals surface area (Å²) in [5, 5.41) is 3.31. The van der Waals surface area contributed by atoms with Crippen LogP contribution in [0.25, 0.3) is 21.2 Å². The molecule has 204 valence electrons. The number of hydrogen-bond donors (Lipinski definition) is 1. The van der Waals surface area contributed by atoms with Crippen LogP contribution in [-0.4, -0.2) is 41.5 Å². The summed E-state index contributed by atoms with van der Waals surface area (Å²) < 4.78 is 35.0. The van der Waals surface area contributed by atoms with E-state index in [1.54, 1.807) is 24.4 Å². The van der Waals surface area contributed by atoms with Gasteiger partial charge in [0.25, 0.3) is 5.91 Å². The van der Waals surface area contributed by atoms with Gasteiger partial charge in [-0.1, -0.05) is 17.7 Å². The Hall–Kier alpha value is -3.07. The van der Waals surface area contributed by atoms with Gasteiger partial charge in [-0.2, -0.15) is 0 Å². The van der Waals surface area contributed by atoms with E-state index in [2.05, 4.69) is 17.2 Å². The number of pyridine rings is 1. The van der Waals surface area contributed by atoms with Gasteiger partial charge in [0, 0.05) is 36.1 Å². The lowest BCUT2D eigenvalue weighted by Gasteiger charge is -2.42. The summed E-state index contributed by atoms with van der Waals surface area (Å²) in [6.07, 6.45) is 6.79. The molecule has 39 heavy (non-hydrogen) atoms. The minimum Gasteiger partial charge on any atom is -0.496 e. The lowest BCUT2D eigenvalue weighted by Crippen LogP contribution is -2.49. The summed E-state index contributed by atoms with van der Waals surface area (Å²) in [5.74, 6) is -0.930. The number of benzene rings is 2. The van der Waals surface area contributed by atoms with Gasteiger partial charge in [-0.05, 0) is 87.2 Å². The Labute approximate surface area is 235 Å². The third-order valence-corrected chi connectivity index (χ3v) is 9.55. The predicted molar refractivity (Wildman–Crippen MR) is 153 cm³/mol. The number of methoxy groups -OCH3 is 1. The number of nitrogens with zero attached hydrogens (tertiary/aromatic N) is 2. The average Bonchev–Trinajstić information content (AvgIpc) is 3.32. The van der Waals surface area contributed by atoms with Crippen molar-refractivity contribution in [2.75, 3.05) is 14.2 Å². The minimum atomic E-state index is -0.646. The highest BCUT2D eigenvalue weighted by molar-refractivity contribution is 7.21. The molecule has 9 heteroatoms. The van der Waals surface area contributed by atoms with Gasteiger partial charge in [-0.25, -0.2) is 8.78 Å². The number of rotatable bonds is 7. The van der Waals surface area contributed by atoms with E-state index in [9.17, 15) is 13.6 Å². The number of nitrogens with one attached hydrogen (secondary N) is 1. The Bertz CT molecular complexity index is 1500. The van der Waals surface area contributed by atoms with Crippen LogP contribution >= 0.6 is 22.9 Å². The van der Waals surface area contributed by atoms with E-state index in [-0.39, 0.29) is 44.0 Å². The van der Waals surface area contributed by atoms with E-state index < -0.39 is 11.6 Å². The number of carbonyl (C=O) groups excluding carboxylic acids is 1.